The molecule has 14 heteroatoms. The van der Waals surface area contributed by atoms with E-state index in [0.717, 1.165) is 32.1 Å². The summed E-state index contributed by atoms with van der Waals surface area (Å²) < 4.78 is 11.1. The fourth-order valence-electron chi connectivity index (χ4n) is 11.5. The molecule has 0 aromatic heterocycles. The molecule has 3 unspecified atom stereocenters. The lowest BCUT2D eigenvalue weighted by molar-refractivity contribution is -0.225. The molecule has 0 bridgehead atoms. The number of hydrogen-bond donors (Lipinski definition) is 4. The standard InChI is InChI=1S/C30H50B6O7S/c1-4-14(2)24(41)43-22-23(42-15(3)38)29(34,44)11-17-16-5-6-18-26(31)9-8-20(39)30(35,36)19(26)7-10-27(18,32)28(16,33)12-21(40)25(17,22)13-37/h4-5,17-23,37,39-40,44H,6-13,31-36H2,1-3H3/b14-4-/t17?,18?,19?,20-,21+,22-,23-,25-,26-,27-,28-,29+/m0/s1. The van der Waals surface area contributed by atoms with E-state index in [4.69, 9.17) is 22.1 Å². The third-order valence-corrected chi connectivity index (χ3v) is 14.8. The van der Waals surface area contributed by atoms with Crippen LogP contribution in [0.5, 0.6) is 0 Å². The smallest absolute Gasteiger partial charge is 0.333 e. The lowest BCUT2D eigenvalue weighted by Crippen LogP contribution is -2.72. The van der Waals surface area contributed by atoms with Gasteiger partial charge >= 0.3 is 11.9 Å². The van der Waals surface area contributed by atoms with Gasteiger partial charge < -0.3 is 24.8 Å². The molecule has 0 aliphatic heterocycles. The molecule has 4 fully saturated rings. The molecule has 0 heterocycles. The van der Waals surface area contributed by atoms with Gasteiger partial charge in [-0.2, -0.15) is 12.6 Å². The largest absolute Gasteiger partial charge is 0.458 e. The van der Waals surface area contributed by atoms with Crippen LogP contribution >= 0.6 is 12.6 Å². The topological polar surface area (TPSA) is 113 Å². The Labute approximate surface area is 274 Å². The fraction of sp³-hybridized carbons (Fsp3) is 0.800. The number of esters is 2. The Kier molecular flexibility index (Phi) is 8.63. The molecule has 5 aliphatic rings. The predicted octanol–water partition coefficient (Wildman–Crippen LogP) is -1.91. The molecule has 0 saturated heterocycles. The van der Waals surface area contributed by atoms with Crippen molar-refractivity contribution in [1.82, 2.24) is 0 Å². The zero-order chi connectivity index (χ0) is 32.8. The Morgan fingerprint density at radius 2 is 1.64 bits per heavy atom. The summed E-state index contributed by atoms with van der Waals surface area (Å²) in [7, 11) is 13.5. The molecular weight excluding hydrogens is 569 g/mol. The van der Waals surface area contributed by atoms with E-state index in [1.54, 1.807) is 19.9 Å². The molecule has 12 atom stereocenters. The van der Waals surface area contributed by atoms with E-state index in [9.17, 15) is 24.9 Å². The first-order valence-electron chi connectivity index (χ1n) is 16.7. The molecule has 3 N–H and O–H groups in total. The maximum atomic E-state index is 13.3. The van der Waals surface area contributed by atoms with Crippen LogP contribution < -0.4 is 0 Å². The van der Waals surface area contributed by atoms with Crippen LogP contribution in [0.15, 0.2) is 23.3 Å². The Morgan fingerprint density at radius 3 is 2.23 bits per heavy atom. The summed E-state index contributed by atoms with van der Waals surface area (Å²) >= 11 is 5.07. The minimum atomic E-state index is -1.27. The highest BCUT2D eigenvalue weighted by atomic mass is 32.1. The van der Waals surface area contributed by atoms with Crippen molar-refractivity contribution in [2.24, 2.45) is 23.2 Å². The van der Waals surface area contributed by atoms with Gasteiger partial charge in [0.1, 0.15) is 53.2 Å². The Hall–Kier alpha value is -0.960. The van der Waals surface area contributed by atoms with Crippen LogP contribution in [0.25, 0.3) is 0 Å². The van der Waals surface area contributed by atoms with E-state index in [0.29, 0.717) is 30.3 Å². The molecule has 44 heavy (non-hydrogen) atoms. The Bertz CT molecular complexity index is 1280. The summed E-state index contributed by atoms with van der Waals surface area (Å²) in [4.78, 5) is 25.7. The Balaban J connectivity index is 1.65. The van der Waals surface area contributed by atoms with E-state index in [1.807, 2.05) is 7.85 Å². The zero-order valence-electron chi connectivity index (χ0n) is 28.3. The van der Waals surface area contributed by atoms with Crippen molar-refractivity contribution in [1.29, 1.82) is 0 Å². The van der Waals surface area contributed by atoms with Crippen molar-refractivity contribution >= 4 is 71.6 Å². The highest BCUT2D eigenvalue weighted by Gasteiger charge is 2.73. The lowest BCUT2D eigenvalue weighted by Gasteiger charge is -2.73. The monoisotopic (exact) mass is 620 g/mol. The van der Waals surface area contributed by atoms with Gasteiger partial charge in [-0.05, 0) is 62.6 Å². The zero-order valence-corrected chi connectivity index (χ0v) is 29.2. The van der Waals surface area contributed by atoms with Crippen molar-refractivity contribution in [3.8, 4) is 0 Å². The van der Waals surface area contributed by atoms with E-state index < -0.39 is 46.9 Å². The quantitative estimate of drug-likeness (QED) is 0.0956. The van der Waals surface area contributed by atoms with Gasteiger partial charge in [-0.15, -0.1) is 0 Å². The highest BCUT2D eigenvalue weighted by Crippen LogP contribution is 2.81. The van der Waals surface area contributed by atoms with Crippen LogP contribution in [0.3, 0.4) is 0 Å². The number of rotatable bonds is 4. The molecule has 4 saturated carbocycles. The minimum Gasteiger partial charge on any atom is -0.458 e. The third-order valence-electron chi connectivity index (χ3n) is 14.3. The molecule has 5 rings (SSSR count). The van der Waals surface area contributed by atoms with Gasteiger partial charge in [-0.1, -0.05) is 52.8 Å². The summed E-state index contributed by atoms with van der Waals surface area (Å²) in [6, 6.07) is 0. The second-order valence-corrected chi connectivity index (χ2v) is 17.6. The second kappa shape index (κ2) is 11.1. The van der Waals surface area contributed by atoms with Gasteiger partial charge in [0.2, 0.25) is 0 Å². The first-order chi connectivity index (χ1) is 20.3. The van der Waals surface area contributed by atoms with Crippen molar-refractivity contribution < 1.29 is 34.4 Å². The van der Waals surface area contributed by atoms with Gasteiger partial charge in [-0.3, -0.25) is 4.79 Å². The predicted molar refractivity (Wildman–Crippen MR) is 191 cm³/mol. The van der Waals surface area contributed by atoms with Crippen LogP contribution in [-0.2, 0) is 19.1 Å². The lowest BCUT2D eigenvalue weighted by atomic mass is 9.20. The highest BCUT2D eigenvalue weighted by molar-refractivity contribution is 7.83. The number of carbonyl (C=O) groups excluding carboxylic acids is 2. The van der Waals surface area contributed by atoms with Gasteiger partial charge in [0.25, 0.3) is 0 Å². The first kappa shape index (κ1) is 34.4. The minimum absolute atomic E-state index is 0.0460. The number of aliphatic hydroxyl groups is 3. The summed E-state index contributed by atoms with van der Waals surface area (Å²) in [5.74, 6) is -0.663. The molecule has 5 aliphatic carbocycles. The number of ether oxygens (including phenoxy) is 2. The van der Waals surface area contributed by atoms with Gasteiger partial charge in [0, 0.05) is 23.2 Å². The van der Waals surface area contributed by atoms with E-state index in [1.165, 1.54) is 12.5 Å². The van der Waals surface area contributed by atoms with Crippen LogP contribution in [-0.4, -0.2) is 110 Å². The second-order valence-electron chi connectivity index (χ2n) is 16.6. The summed E-state index contributed by atoms with van der Waals surface area (Å²) in [6.07, 6.45) is 6.19. The van der Waals surface area contributed by atoms with Crippen LogP contribution in [0.2, 0.25) is 21.2 Å². The Morgan fingerprint density at radius 1 is 0.977 bits per heavy atom. The molecular formula is C30H50B6O7S. The SMILES string of the molecule is BC1(B)C2CC[C@]3(B)C(CC=C4C5C[C@@](B)(S)[C@@H](OC(C)=O)[C@H](OC(=O)/C(C)=C\C)[C@]5(CO)[C@H](O)C[C@]43B)[C@@]2(B)CC[C@@H]1O. The number of allylic oxidation sites excluding steroid dienone is 3. The molecule has 7 nitrogen and oxygen atoms in total. The van der Waals surface area contributed by atoms with Crippen LogP contribution in [0.4, 0.5) is 0 Å². The van der Waals surface area contributed by atoms with Crippen molar-refractivity contribution in [2.75, 3.05) is 6.61 Å². The average molecular weight is 620 g/mol. The molecule has 0 aromatic carbocycles. The van der Waals surface area contributed by atoms with E-state index >= 15 is 0 Å². The number of aliphatic hydroxyl groups excluding tert-OH is 3. The fourth-order valence-corrected chi connectivity index (χ4v) is 11.9. The molecule has 0 spiro atoms. The summed E-state index contributed by atoms with van der Waals surface area (Å²) in [5.41, 5.74) is 0.340. The summed E-state index contributed by atoms with van der Waals surface area (Å²) in [6.45, 7) is 4.31. The number of fused-ring (bicyclic) bond motifs is 7. The van der Waals surface area contributed by atoms with Crippen LogP contribution in [0.1, 0.15) is 65.7 Å². The molecule has 236 valence electrons. The van der Waals surface area contributed by atoms with Crippen molar-refractivity contribution in [3.63, 3.8) is 0 Å². The average Bonchev–Trinajstić information content (AvgIpc) is 2.92. The molecule has 0 radical (unpaired) electrons. The molecule has 0 amide bonds. The van der Waals surface area contributed by atoms with Gasteiger partial charge in [-0.25, -0.2) is 4.79 Å². The number of carbonyl (C=O) groups is 2. The van der Waals surface area contributed by atoms with Gasteiger partial charge in [0.05, 0.1) is 18.1 Å². The van der Waals surface area contributed by atoms with E-state index in [-0.39, 0.29) is 33.2 Å². The van der Waals surface area contributed by atoms with Gasteiger partial charge in [0.15, 0.2) is 6.10 Å². The maximum absolute atomic E-state index is 13.3. The van der Waals surface area contributed by atoms with Crippen molar-refractivity contribution in [3.05, 3.63) is 23.3 Å². The van der Waals surface area contributed by atoms with E-state index in [2.05, 4.69) is 45.3 Å². The first-order valence-corrected chi connectivity index (χ1v) is 17.1. The normalized spacial score (nSPS) is 49.7. The number of thiol groups is 1. The third kappa shape index (κ3) is 4.57. The van der Waals surface area contributed by atoms with Crippen molar-refractivity contribution in [2.45, 2.75) is 116 Å². The number of hydrogen-bond acceptors (Lipinski definition) is 8. The van der Waals surface area contributed by atoms with Crippen LogP contribution in [0, 0.1) is 23.2 Å². The molecule has 0 aromatic rings. The summed E-state index contributed by atoms with van der Waals surface area (Å²) in [5, 5.41) is 34.1. The maximum Gasteiger partial charge on any atom is 0.333 e.